The summed E-state index contributed by atoms with van der Waals surface area (Å²) in [6, 6.07) is 4.51. The maximum absolute atomic E-state index is 11.3. The highest BCUT2D eigenvalue weighted by Gasteiger charge is 2.07. The zero-order valence-electron chi connectivity index (χ0n) is 8.58. The van der Waals surface area contributed by atoms with Gasteiger partial charge in [-0.2, -0.15) is 0 Å². The first-order chi connectivity index (χ1) is 7.52. The molecule has 0 atom stereocenters. The van der Waals surface area contributed by atoms with Crippen LogP contribution >= 0.6 is 15.9 Å². The maximum Gasteiger partial charge on any atom is 0.335 e. The van der Waals surface area contributed by atoms with Crippen molar-refractivity contribution < 1.29 is 14.7 Å². The third-order valence-electron chi connectivity index (χ3n) is 1.77. The maximum atomic E-state index is 11.3. The van der Waals surface area contributed by atoms with Gasteiger partial charge in [0.2, 0.25) is 5.91 Å². The van der Waals surface area contributed by atoms with E-state index in [1.165, 1.54) is 12.1 Å². The minimum Gasteiger partial charge on any atom is -0.478 e. The predicted octanol–water partition coefficient (Wildman–Crippen LogP) is 1.31. The van der Waals surface area contributed by atoms with Crippen LogP contribution in [-0.4, -0.2) is 30.6 Å². The number of likely N-dealkylation sites (N-methyl/N-ethyl adjacent to an activating group) is 1. The molecule has 1 rings (SSSR count). The van der Waals surface area contributed by atoms with Crippen molar-refractivity contribution in [2.45, 2.75) is 0 Å². The van der Waals surface area contributed by atoms with Crippen LogP contribution in [0.2, 0.25) is 0 Å². The number of benzene rings is 1. The predicted molar refractivity (Wildman–Crippen MR) is 63.7 cm³/mol. The quantitative estimate of drug-likeness (QED) is 0.780. The van der Waals surface area contributed by atoms with Gasteiger partial charge >= 0.3 is 5.97 Å². The molecule has 0 saturated heterocycles. The minimum atomic E-state index is -1.04. The van der Waals surface area contributed by atoms with E-state index in [0.717, 1.165) is 0 Å². The summed E-state index contributed by atoms with van der Waals surface area (Å²) in [6.07, 6.45) is 0. The van der Waals surface area contributed by atoms with Crippen molar-refractivity contribution in [1.82, 2.24) is 5.32 Å². The van der Waals surface area contributed by atoms with Crippen molar-refractivity contribution in [3.8, 4) is 0 Å². The SMILES string of the molecule is CNCC(=O)Nc1cc(Br)cc(C(=O)O)c1. The average molecular weight is 287 g/mol. The number of halogens is 1. The summed E-state index contributed by atoms with van der Waals surface area (Å²) in [5, 5.41) is 14.1. The van der Waals surface area contributed by atoms with Crippen molar-refractivity contribution in [2.75, 3.05) is 18.9 Å². The second-order valence-electron chi connectivity index (χ2n) is 3.11. The van der Waals surface area contributed by atoms with E-state index in [2.05, 4.69) is 26.6 Å². The summed E-state index contributed by atoms with van der Waals surface area (Å²) >= 11 is 3.18. The zero-order valence-corrected chi connectivity index (χ0v) is 10.2. The third kappa shape index (κ3) is 3.63. The lowest BCUT2D eigenvalue weighted by Crippen LogP contribution is -2.25. The number of hydrogen-bond acceptors (Lipinski definition) is 3. The first-order valence-corrected chi connectivity index (χ1v) is 5.30. The lowest BCUT2D eigenvalue weighted by molar-refractivity contribution is -0.115. The Balaban J connectivity index is 2.88. The number of carboxylic acid groups (broad SMARTS) is 1. The van der Waals surface area contributed by atoms with Crippen molar-refractivity contribution in [3.05, 3.63) is 28.2 Å². The topological polar surface area (TPSA) is 78.4 Å². The Kier molecular flexibility index (Phi) is 4.45. The fourth-order valence-corrected chi connectivity index (χ4v) is 1.64. The molecule has 0 aromatic heterocycles. The number of carbonyl (C=O) groups is 2. The molecule has 6 heteroatoms. The second-order valence-corrected chi connectivity index (χ2v) is 4.03. The van der Waals surface area contributed by atoms with Gasteiger partial charge in [-0.3, -0.25) is 4.79 Å². The molecule has 16 heavy (non-hydrogen) atoms. The third-order valence-corrected chi connectivity index (χ3v) is 2.22. The molecule has 86 valence electrons. The molecule has 0 aliphatic carbocycles. The molecule has 0 spiro atoms. The molecule has 0 radical (unpaired) electrons. The Morgan fingerprint density at radius 2 is 2.06 bits per heavy atom. The number of carboxylic acids is 1. The Morgan fingerprint density at radius 3 is 2.62 bits per heavy atom. The van der Waals surface area contributed by atoms with Gasteiger partial charge in [-0.1, -0.05) is 15.9 Å². The zero-order chi connectivity index (χ0) is 12.1. The Labute approximate surface area is 101 Å². The van der Waals surface area contributed by atoms with E-state index in [1.807, 2.05) is 0 Å². The summed E-state index contributed by atoms with van der Waals surface area (Å²) in [7, 11) is 1.66. The smallest absolute Gasteiger partial charge is 0.335 e. The molecule has 1 amide bonds. The van der Waals surface area contributed by atoms with Gasteiger partial charge in [-0.25, -0.2) is 4.79 Å². The lowest BCUT2D eigenvalue weighted by atomic mass is 10.2. The van der Waals surface area contributed by atoms with Gasteiger partial charge in [0.05, 0.1) is 12.1 Å². The molecular formula is C10H11BrN2O3. The molecule has 0 aliphatic rings. The van der Waals surface area contributed by atoms with Crippen molar-refractivity contribution in [1.29, 1.82) is 0 Å². The number of amides is 1. The van der Waals surface area contributed by atoms with E-state index in [-0.39, 0.29) is 18.0 Å². The number of aromatic carboxylic acids is 1. The van der Waals surface area contributed by atoms with Crippen LogP contribution in [0.4, 0.5) is 5.69 Å². The van der Waals surface area contributed by atoms with Crippen LogP contribution < -0.4 is 10.6 Å². The number of hydrogen-bond donors (Lipinski definition) is 3. The Hall–Kier alpha value is -1.40. The molecule has 0 aliphatic heterocycles. The van der Waals surface area contributed by atoms with E-state index in [0.29, 0.717) is 10.2 Å². The van der Waals surface area contributed by atoms with E-state index >= 15 is 0 Å². The Morgan fingerprint density at radius 1 is 1.38 bits per heavy atom. The molecular weight excluding hydrogens is 276 g/mol. The second kappa shape index (κ2) is 5.62. The molecule has 0 fully saturated rings. The molecule has 3 N–H and O–H groups in total. The van der Waals surface area contributed by atoms with Crippen LogP contribution in [0, 0.1) is 0 Å². The number of carbonyl (C=O) groups excluding carboxylic acids is 1. The van der Waals surface area contributed by atoms with Crippen LogP contribution in [0.1, 0.15) is 10.4 Å². The molecule has 1 aromatic carbocycles. The molecule has 1 aromatic rings. The van der Waals surface area contributed by atoms with Gasteiger partial charge < -0.3 is 15.7 Å². The first-order valence-electron chi connectivity index (χ1n) is 4.51. The molecule has 0 unspecified atom stereocenters. The van der Waals surface area contributed by atoms with Gasteiger partial charge in [0.25, 0.3) is 0 Å². The van der Waals surface area contributed by atoms with Crippen LogP contribution in [0.15, 0.2) is 22.7 Å². The van der Waals surface area contributed by atoms with Gasteiger partial charge in [0, 0.05) is 10.2 Å². The summed E-state index contributed by atoms with van der Waals surface area (Å²) in [5.41, 5.74) is 0.571. The fourth-order valence-electron chi connectivity index (χ4n) is 1.15. The standard InChI is InChI=1S/C10H11BrN2O3/c1-12-5-9(14)13-8-3-6(10(15)16)2-7(11)4-8/h2-4,12H,5H2,1H3,(H,13,14)(H,15,16). The highest BCUT2D eigenvalue weighted by Crippen LogP contribution is 2.19. The summed E-state index contributed by atoms with van der Waals surface area (Å²) < 4.78 is 0.604. The normalized spacial score (nSPS) is 9.88. The molecule has 0 heterocycles. The lowest BCUT2D eigenvalue weighted by Gasteiger charge is -2.06. The molecule has 5 nitrogen and oxygen atoms in total. The monoisotopic (exact) mass is 286 g/mol. The van der Waals surface area contributed by atoms with E-state index < -0.39 is 5.97 Å². The average Bonchev–Trinajstić information content (AvgIpc) is 2.16. The van der Waals surface area contributed by atoms with Crippen molar-refractivity contribution in [3.63, 3.8) is 0 Å². The number of anilines is 1. The Bertz CT molecular complexity index is 421. The van der Waals surface area contributed by atoms with Crippen LogP contribution in [-0.2, 0) is 4.79 Å². The summed E-state index contributed by atoms with van der Waals surface area (Å²) in [5.74, 6) is -1.26. The number of rotatable bonds is 4. The highest BCUT2D eigenvalue weighted by atomic mass is 79.9. The van der Waals surface area contributed by atoms with Gasteiger partial charge in [-0.05, 0) is 25.2 Å². The van der Waals surface area contributed by atoms with E-state index in [9.17, 15) is 9.59 Å². The fraction of sp³-hybridized carbons (Fsp3) is 0.200. The van der Waals surface area contributed by atoms with Crippen LogP contribution in [0.25, 0.3) is 0 Å². The summed E-state index contributed by atoms with van der Waals surface area (Å²) in [6.45, 7) is 0.176. The van der Waals surface area contributed by atoms with E-state index in [1.54, 1.807) is 13.1 Å². The van der Waals surface area contributed by atoms with Crippen LogP contribution in [0.5, 0.6) is 0 Å². The molecule has 0 bridgehead atoms. The van der Waals surface area contributed by atoms with Crippen molar-refractivity contribution in [2.24, 2.45) is 0 Å². The number of nitrogens with one attached hydrogen (secondary N) is 2. The van der Waals surface area contributed by atoms with Crippen LogP contribution in [0.3, 0.4) is 0 Å². The van der Waals surface area contributed by atoms with Crippen molar-refractivity contribution >= 4 is 33.5 Å². The van der Waals surface area contributed by atoms with Gasteiger partial charge in [-0.15, -0.1) is 0 Å². The van der Waals surface area contributed by atoms with Gasteiger partial charge in [0.1, 0.15) is 0 Å². The largest absolute Gasteiger partial charge is 0.478 e. The summed E-state index contributed by atoms with van der Waals surface area (Å²) in [4.78, 5) is 22.0. The first kappa shape index (κ1) is 12.7. The molecule has 0 saturated carbocycles. The van der Waals surface area contributed by atoms with E-state index in [4.69, 9.17) is 5.11 Å². The van der Waals surface area contributed by atoms with Gasteiger partial charge in [0.15, 0.2) is 0 Å². The minimum absolute atomic E-state index is 0.120. The highest BCUT2D eigenvalue weighted by molar-refractivity contribution is 9.10.